The molecule has 23 heavy (non-hydrogen) atoms. The van der Waals surface area contributed by atoms with Gasteiger partial charge in [0.2, 0.25) is 5.91 Å². The third-order valence-electron chi connectivity index (χ3n) is 3.04. The molecule has 0 radical (unpaired) electrons. The number of hydrogen-bond acceptors (Lipinski definition) is 5. The Labute approximate surface area is 134 Å². The van der Waals surface area contributed by atoms with E-state index in [2.05, 4.69) is 10.5 Å². The van der Waals surface area contributed by atoms with Crippen molar-refractivity contribution in [3.63, 3.8) is 0 Å². The zero-order valence-corrected chi connectivity index (χ0v) is 13.1. The van der Waals surface area contributed by atoms with Gasteiger partial charge >= 0.3 is 0 Å². The normalized spacial score (nSPS) is 10.2. The molecule has 1 aromatic heterocycles. The van der Waals surface area contributed by atoms with Crippen molar-refractivity contribution < 1.29 is 18.8 Å². The number of carbonyl (C=O) groups excluding carboxylic acids is 2. The maximum Gasteiger partial charge on any atom is 0.258 e. The number of carbonyl (C=O) groups is 2. The maximum atomic E-state index is 11.7. The standard InChI is InChI=1S/C16H19N3O4/c1-12-10-15(18-23-12)19(13(2)20)9-8-17-16(21)11-22-14-6-4-3-5-7-14/h3-7,10H,8-9,11H2,1-2H3,(H,17,21). The molecule has 0 saturated heterocycles. The minimum atomic E-state index is -0.256. The quantitative estimate of drug-likeness (QED) is 0.837. The Hall–Kier alpha value is -2.83. The number of aryl methyl sites for hydroxylation is 1. The lowest BCUT2D eigenvalue weighted by atomic mass is 10.3. The van der Waals surface area contributed by atoms with Gasteiger partial charge in [0, 0.05) is 26.1 Å². The van der Waals surface area contributed by atoms with Gasteiger partial charge in [-0.2, -0.15) is 0 Å². The van der Waals surface area contributed by atoms with Crippen LogP contribution in [-0.4, -0.2) is 36.7 Å². The number of para-hydroxylation sites is 1. The van der Waals surface area contributed by atoms with E-state index in [1.165, 1.54) is 11.8 Å². The van der Waals surface area contributed by atoms with Crippen molar-refractivity contribution >= 4 is 17.6 Å². The highest BCUT2D eigenvalue weighted by Gasteiger charge is 2.15. The summed E-state index contributed by atoms with van der Waals surface area (Å²) in [6, 6.07) is 10.8. The monoisotopic (exact) mass is 317 g/mol. The Morgan fingerprint density at radius 2 is 2.04 bits per heavy atom. The summed E-state index contributed by atoms with van der Waals surface area (Å²) in [5.74, 6) is 1.25. The lowest BCUT2D eigenvalue weighted by Gasteiger charge is -2.17. The molecule has 7 nitrogen and oxygen atoms in total. The van der Waals surface area contributed by atoms with Gasteiger partial charge in [-0.25, -0.2) is 0 Å². The molecule has 0 spiro atoms. The summed E-state index contributed by atoms with van der Waals surface area (Å²) in [6.45, 7) is 3.70. The second-order valence-electron chi connectivity index (χ2n) is 4.92. The molecule has 1 aromatic carbocycles. The summed E-state index contributed by atoms with van der Waals surface area (Å²) in [5.41, 5.74) is 0. The van der Waals surface area contributed by atoms with E-state index in [0.29, 0.717) is 30.4 Å². The fraction of sp³-hybridized carbons (Fsp3) is 0.312. The maximum absolute atomic E-state index is 11.7. The molecule has 0 bridgehead atoms. The van der Waals surface area contributed by atoms with Gasteiger partial charge in [-0.15, -0.1) is 0 Å². The van der Waals surface area contributed by atoms with E-state index in [4.69, 9.17) is 9.26 Å². The van der Waals surface area contributed by atoms with Crippen molar-refractivity contribution in [1.82, 2.24) is 10.5 Å². The number of hydrogen-bond donors (Lipinski definition) is 1. The molecular formula is C16H19N3O4. The third kappa shape index (κ3) is 5.14. The Balaban J connectivity index is 1.76. The van der Waals surface area contributed by atoms with Crippen LogP contribution in [0.15, 0.2) is 40.9 Å². The van der Waals surface area contributed by atoms with Crippen LogP contribution in [0.1, 0.15) is 12.7 Å². The molecule has 1 N–H and O–H groups in total. The third-order valence-corrected chi connectivity index (χ3v) is 3.04. The molecule has 0 atom stereocenters. The minimum absolute atomic E-state index is 0.0762. The summed E-state index contributed by atoms with van der Waals surface area (Å²) in [7, 11) is 0. The first kappa shape index (κ1) is 16.5. The van der Waals surface area contributed by atoms with Gasteiger partial charge in [-0.1, -0.05) is 23.4 Å². The van der Waals surface area contributed by atoms with E-state index in [-0.39, 0.29) is 18.4 Å². The van der Waals surface area contributed by atoms with Crippen LogP contribution >= 0.6 is 0 Å². The molecular weight excluding hydrogens is 298 g/mol. The second-order valence-corrected chi connectivity index (χ2v) is 4.92. The SMILES string of the molecule is CC(=O)N(CCNC(=O)COc1ccccc1)c1cc(C)on1. The summed E-state index contributed by atoms with van der Waals surface area (Å²) >= 11 is 0. The largest absolute Gasteiger partial charge is 0.484 e. The molecule has 1 heterocycles. The predicted molar refractivity (Wildman–Crippen MR) is 84.2 cm³/mol. The molecule has 0 unspecified atom stereocenters. The van der Waals surface area contributed by atoms with Crippen molar-refractivity contribution in [3.8, 4) is 5.75 Å². The van der Waals surface area contributed by atoms with Gasteiger partial charge in [0.25, 0.3) is 5.91 Å². The van der Waals surface area contributed by atoms with E-state index >= 15 is 0 Å². The van der Waals surface area contributed by atoms with E-state index in [0.717, 1.165) is 0 Å². The topological polar surface area (TPSA) is 84.7 Å². The number of ether oxygens (including phenoxy) is 1. The average molecular weight is 317 g/mol. The zero-order chi connectivity index (χ0) is 16.7. The Kier molecular flexibility index (Phi) is 5.74. The molecule has 0 aliphatic heterocycles. The highest BCUT2D eigenvalue weighted by Crippen LogP contribution is 2.13. The van der Waals surface area contributed by atoms with E-state index < -0.39 is 0 Å². The molecule has 122 valence electrons. The first-order valence-corrected chi connectivity index (χ1v) is 7.22. The van der Waals surface area contributed by atoms with Crippen molar-refractivity contribution in [2.45, 2.75) is 13.8 Å². The average Bonchev–Trinajstić information content (AvgIpc) is 2.96. The van der Waals surface area contributed by atoms with Crippen molar-refractivity contribution in [1.29, 1.82) is 0 Å². The van der Waals surface area contributed by atoms with Crippen LogP contribution < -0.4 is 15.0 Å². The van der Waals surface area contributed by atoms with Crippen LogP contribution in [0.25, 0.3) is 0 Å². The number of nitrogens with zero attached hydrogens (tertiary/aromatic N) is 2. The second kappa shape index (κ2) is 7.98. The van der Waals surface area contributed by atoms with Crippen LogP contribution in [0, 0.1) is 6.92 Å². The number of benzene rings is 1. The molecule has 0 saturated carbocycles. The number of rotatable bonds is 7. The molecule has 0 aliphatic rings. The summed E-state index contributed by atoms with van der Waals surface area (Å²) in [5, 5.41) is 6.50. The zero-order valence-electron chi connectivity index (χ0n) is 13.1. The fourth-order valence-corrected chi connectivity index (χ4v) is 1.94. The number of anilines is 1. The van der Waals surface area contributed by atoms with Gasteiger partial charge in [-0.3, -0.25) is 14.5 Å². The highest BCUT2D eigenvalue weighted by atomic mass is 16.5. The lowest BCUT2D eigenvalue weighted by Crippen LogP contribution is -2.39. The van der Waals surface area contributed by atoms with Gasteiger partial charge in [-0.05, 0) is 19.1 Å². The smallest absolute Gasteiger partial charge is 0.258 e. The van der Waals surface area contributed by atoms with Crippen LogP contribution in [0.3, 0.4) is 0 Å². The van der Waals surface area contributed by atoms with Crippen molar-refractivity contribution in [3.05, 3.63) is 42.2 Å². The molecule has 7 heteroatoms. The van der Waals surface area contributed by atoms with Gasteiger partial charge < -0.3 is 14.6 Å². The van der Waals surface area contributed by atoms with E-state index in [1.807, 2.05) is 18.2 Å². The molecule has 0 aliphatic carbocycles. The Morgan fingerprint density at radius 3 is 2.65 bits per heavy atom. The van der Waals surface area contributed by atoms with Crippen LogP contribution in [-0.2, 0) is 9.59 Å². The summed E-state index contributed by atoms with van der Waals surface area (Å²) in [6.07, 6.45) is 0. The first-order valence-electron chi connectivity index (χ1n) is 7.22. The van der Waals surface area contributed by atoms with Gasteiger partial charge in [0.05, 0.1) is 0 Å². The molecule has 0 fully saturated rings. The van der Waals surface area contributed by atoms with Crippen LogP contribution in [0.5, 0.6) is 5.75 Å². The number of nitrogens with one attached hydrogen (secondary N) is 1. The molecule has 2 aromatic rings. The van der Waals surface area contributed by atoms with Gasteiger partial charge in [0.15, 0.2) is 12.4 Å². The highest BCUT2D eigenvalue weighted by molar-refractivity contribution is 5.90. The first-order chi connectivity index (χ1) is 11.1. The van der Waals surface area contributed by atoms with E-state index in [9.17, 15) is 9.59 Å². The summed E-state index contributed by atoms with van der Waals surface area (Å²) in [4.78, 5) is 24.8. The Bertz CT molecular complexity index is 654. The van der Waals surface area contributed by atoms with E-state index in [1.54, 1.807) is 25.1 Å². The minimum Gasteiger partial charge on any atom is -0.484 e. The predicted octanol–water partition coefficient (Wildman–Crippen LogP) is 1.53. The van der Waals surface area contributed by atoms with Gasteiger partial charge in [0.1, 0.15) is 11.5 Å². The fourth-order valence-electron chi connectivity index (χ4n) is 1.94. The number of aromatic nitrogens is 1. The summed E-state index contributed by atoms with van der Waals surface area (Å²) < 4.78 is 10.3. The number of amides is 2. The van der Waals surface area contributed by atoms with Crippen molar-refractivity contribution in [2.75, 3.05) is 24.6 Å². The molecule has 2 amide bonds. The van der Waals surface area contributed by atoms with Crippen molar-refractivity contribution in [2.24, 2.45) is 0 Å². The molecule has 2 rings (SSSR count). The van der Waals surface area contributed by atoms with Crippen LogP contribution in [0.4, 0.5) is 5.82 Å². The Morgan fingerprint density at radius 1 is 1.30 bits per heavy atom. The lowest BCUT2D eigenvalue weighted by molar-refractivity contribution is -0.123. The van der Waals surface area contributed by atoms with Crippen LogP contribution in [0.2, 0.25) is 0 Å².